The van der Waals surface area contributed by atoms with E-state index in [2.05, 4.69) is 21.0 Å². The Balaban J connectivity index is 1.69. The van der Waals surface area contributed by atoms with Gasteiger partial charge in [-0.25, -0.2) is 9.78 Å². The zero-order valence-corrected chi connectivity index (χ0v) is 15.5. The molecule has 1 atom stereocenters. The molecule has 6 heteroatoms. The van der Waals surface area contributed by atoms with E-state index >= 15 is 0 Å². The Hall–Kier alpha value is -2.63. The molecule has 3 aromatic rings. The second kappa shape index (κ2) is 6.27. The molecule has 1 amide bonds. The van der Waals surface area contributed by atoms with E-state index in [0.29, 0.717) is 6.54 Å². The summed E-state index contributed by atoms with van der Waals surface area (Å²) in [5, 5.41) is 2.22. The van der Waals surface area contributed by atoms with Crippen LogP contribution in [0.4, 0.5) is 4.79 Å². The topological polar surface area (TPSA) is 71.1 Å². The molecule has 0 spiro atoms. The van der Waals surface area contributed by atoms with Crippen molar-refractivity contribution in [2.45, 2.75) is 45.1 Å². The molecule has 0 radical (unpaired) electrons. The van der Waals surface area contributed by atoms with Crippen molar-refractivity contribution in [2.24, 2.45) is 0 Å². The highest BCUT2D eigenvalue weighted by molar-refractivity contribution is 6.05. The van der Waals surface area contributed by atoms with Crippen molar-refractivity contribution < 1.29 is 9.53 Å². The first kappa shape index (κ1) is 16.8. The summed E-state index contributed by atoms with van der Waals surface area (Å²) < 4.78 is 5.57. The molecule has 4 rings (SSSR count). The molecule has 136 valence electrons. The average Bonchev–Trinajstić information content (AvgIpc) is 3.09. The van der Waals surface area contributed by atoms with E-state index in [1.807, 2.05) is 50.3 Å². The molecule has 1 aliphatic rings. The van der Waals surface area contributed by atoms with Crippen LogP contribution in [0.3, 0.4) is 0 Å². The fourth-order valence-electron chi connectivity index (χ4n) is 3.74. The number of nitrogens with zero attached hydrogens (tertiary/aromatic N) is 3. The number of carbonyl (C=O) groups excluding carboxylic acids is 1. The van der Waals surface area contributed by atoms with Crippen LogP contribution in [-0.2, 0) is 4.74 Å². The molecule has 0 aromatic carbocycles. The summed E-state index contributed by atoms with van der Waals surface area (Å²) >= 11 is 0. The monoisotopic (exact) mass is 352 g/mol. The molecular formula is C20H24N4O2. The van der Waals surface area contributed by atoms with Crippen LogP contribution >= 0.6 is 0 Å². The van der Waals surface area contributed by atoms with E-state index in [1.165, 1.54) is 5.56 Å². The fraction of sp³-hybridized carbons (Fsp3) is 0.450. The SMILES string of the molecule is CC(C)(C)OC(=O)N1CCCC(c2ccnc3cnc4[nH]ccc4c23)C1. The molecule has 4 heterocycles. The number of ether oxygens (including phenoxy) is 1. The Labute approximate surface area is 152 Å². The Morgan fingerprint density at radius 3 is 2.96 bits per heavy atom. The predicted molar refractivity (Wildman–Crippen MR) is 101 cm³/mol. The van der Waals surface area contributed by atoms with E-state index in [4.69, 9.17) is 4.74 Å². The van der Waals surface area contributed by atoms with Crippen molar-refractivity contribution >= 4 is 28.0 Å². The van der Waals surface area contributed by atoms with Crippen LogP contribution in [0.5, 0.6) is 0 Å². The highest BCUT2D eigenvalue weighted by atomic mass is 16.6. The number of aromatic nitrogens is 3. The molecule has 1 saturated heterocycles. The van der Waals surface area contributed by atoms with Crippen LogP contribution in [0.1, 0.15) is 45.1 Å². The van der Waals surface area contributed by atoms with Crippen LogP contribution < -0.4 is 0 Å². The van der Waals surface area contributed by atoms with Crippen molar-refractivity contribution in [3.63, 3.8) is 0 Å². The third-order valence-electron chi connectivity index (χ3n) is 4.84. The number of likely N-dealkylation sites (tertiary alicyclic amines) is 1. The number of aromatic amines is 1. The largest absolute Gasteiger partial charge is 0.444 e. The maximum Gasteiger partial charge on any atom is 0.410 e. The van der Waals surface area contributed by atoms with Crippen LogP contribution in [-0.4, -0.2) is 44.6 Å². The Bertz CT molecular complexity index is 957. The van der Waals surface area contributed by atoms with Crippen molar-refractivity contribution in [2.75, 3.05) is 13.1 Å². The van der Waals surface area contributed by atoms with Gasteiger partial charge in [-0.1, -0.05) is 0 Å². The third-order valence-corrected chi connectivity index (χ3v) is 4.84. The van der Waals surface area contributed by atoms with Crippen LogP contribution in [0.15, 0.2) is 30.7 Å². The van der Waals surface area contributed by atoms with Crippen molar-refractivity contribution in [1.29, 1.82) is 0 Å². The summed E-state index contributed by atoms with van der Waals surface area (Å²) in [5.41, 5.74) is 2.52. The average molecular weight is 352 g/mol. The van der Waals surface area contributed by atoms with Gasteiger partial charge in [-0.05, 0) is 51.3 Å². The Morgan fingerprint density at radius 2 is 2.15 bits per heavy atom. The van der Waals surface area contributed by atoms with Gasteiger partial charge >= 0.3 is 6.09 Å². The second-order valence-electron chi connectivity index (χ2n) is 7.92. The van der Waals surface area contributed by atoms with Crippen LogP contribution in [0.2, 0.25) is 0 Å². The lowest BCUT2D eigenvalue weighted by molar-refractivity contribution is 0.0198. The summed E-state index contributed by atoms with van der Waals surface area (Å²) in [5.74, 6) is 0.266. The summed E-state index contributed by atoms with van der Waals surface area (Å²) in [6.45, 7) is 7.12. The van der Waals surface area contributed by atoms with Crippen molar-refractivity contribution in [3.05, 3.63) is 36.3 Å². The molecule has 3 aromatic heterocycles. The lowest BCUT2D eigenvalue weighted by Gasteiger charge is -2.34. The van der Waals surface area contributed by atoms with Gasteiger partial charge in [0.2, 0.25) is 0 Å². The summed E-state index contributed by atoms with van der Waals surface area (Å²) in [6, 6.07) is 4.13. The summed E-state index contributed by atoms with van der Waals surface area (Å²) in [7, 11) is 0. The zero-order chi connectivity index (χ0) is 18.3. The number of hydrogen-bond acceptors (Lipinski definition) is 4. The fourth-order valence-corrected chi connectivity index (χ4v) is 3.74. The minimum absolute atomic E-state index is 0.228. The number of fused-ring (bicyclic) bond motifs is 3. The minimum atomic E-state index is -0.476. The molecule has 0 saturated carbocycles. The van der Waals surface area contributed by atoms with Gasteiger partial charge in [-0.2, -0.15) is 0 Å². The normalized spacial score (nSPS) is 18.4. The van der Waals surface area contributed by atoms with E-state index in [9.17, 15) is 4.79 Å². The summed E-state index contributed by atoms with van der Waals surface area (Å²) in [6.07, 6.45) is 7.34. The molecule has 0 aliphatic carbocycles. The molecule has 1 unspecified atom stereocenters. The molecule has 6 nitrogen and oxygen atoms in total. The first-order valence-electron chi connectivity index (χ1n) is 9.11. The van der Waals surface area contributed by atoms with Gasteiger partial charge in [0.15, 0.2) is 0 Å². The molecule has 26 heavy (non-hydrogen) atoms. The first-order valence-corrected chi connectivity index (χ1v) is 9.11. The lowest BCUT2D eigenvalue weighted by atomic mass is 9.88. The molecular weight excluding hydrogens is 328 g/mol. The van der Waals surface area contributed by atoms with Crippen molar-refractivity contribution in [1.82, 2.24) is 19.9 Å². The quantitative estimate of drug-likeness (QED) is 0.711. The minimum Gasteiger partial charge on any atom is -0.444 e. The zero-order valence-electron chi connectivity index (χ0n) is 15.5. The lowest BCUT2D eigenvalue weighted by Crippen LogP contribution is -2.42. The van der Waals surface area contributed by atoms with Gasteiger partial charge < -0.3 is 14.6 Å². The van der Waals surface area contributed by atoms with E-state index in [0.717, 1.165) is 41.3 Å². The highest BCUT2D eigenvalue weighted by Crippen LogP contribution is 2.34. The van der Waals surface area contributed by atoms with Crippen LogP contribution in [0, 0.1) is 0 Å². The van der Waals surface area contributed by atoms with Gasteiger partial charge in [-0.3, -0.25) is 4.98 Å². The maximum absolute atomic E-state index is 12.5. The molecule has 1 N–H and O–H groups in total. The van der Waals surface area contributed by atoms with Gasteiger partial charge in [-0.15, -0.1) is 0 Å². The number of piperidine rings is 1. The number of H-pyrrole nitrogens is 1. The van der Waals surface area contributed by atoms with E-state index in [1.54, 1.807) is 0 Å². The third kappa shape index (κ3) is 3.11. The maximum atomic E-state index is 12.5. The number of amides is 1. The van der Waals surface area contributed by atoms with Gasteiger partial charge in [0, 0.05) is 42.2 Å². The molecule has 1 fully saturated rings. The number of carbonyl (C=O) groups is 1. The number of hydrogen-bond donors (Lipinski definition) is 1. The summed E-state index contributed by atoms with van der Waals surface area (Å²) in [4.78, 5) is 26.4. The molecule has 1 aliphatic heterocycles. The van der Waals surface area contributed by atoms with E-state index in [-0.39, 0.29) is 12.0 Å². The van der Waals surface area contributed by atoms with Crippen LogP contribution in [0.25, 0.3) is 21.9 Å². The standard InChI is InChI=1S/C20H24N4O2/c1-20(2,3)26-19(25)24-10-4-5-13(12-24)14-6-8-21-16-11-23-18-15(17(14)16)7-9-22-18/h6-9,11,13H,4-5,10,12H2,1-3H3,(H,22,23). The van der Waals surface area contributed by atoms with E-state index < -0.39 is 5.60 Å². The highest BCUT2D eigenvalue weighted by Gasteiger charge is 2.29. The molecule has 0 bridgehead atoms. The second-order valence-corrected chi connectivity index (χ2v) is 7.92. The number of pyridine rings is 2. The van der Waals surface area contributed by atoms with Crippen molar-refractivity contribution in [3.8, 4) is 0 Å². The van der Waals surface area contributed by atoms with Gasteiger partial charge in [0.05, 0.1) is 11.7 Å². The Kier molecular flexibility index (Phi) is 4.05. The number of nitrogens with one attached hydrogen (secondary N) is 1. The predicted octanol–water partition coefficient (Wildman–Crippen LogP) is 4.23. The smallest absolute Gasteiger partial charge is 0.410 e. The van der Waals surface area contributed by atoms with Gasteiger partial charge in [0.1, 0.15) is 11.2 Å². The first-order chi connectivity index (χ1) is 12.4. The Morgan fingerprint density at radius 1 is 1.31 bits per heavy atom. The number of rotatable bonds is 1. The van der Waals surface area contributed by atoms with Gasteiger partial charge in [0.25, 0.3) is 0 Å².